The minimum atomic E-state index is -0.424. The Balaban J connectivity index is 1.28. The van der Waals surface area contributed by atoms with Gasteiger partial charge < -0.3 is 9.64 Å². The van der Waals surface area contributed by atoms with Crippen molar-refractivity contribution in [2.75, 3.05) is 18.1 Å². The summed E-state index contributed by atoms with van der Waals surface area (Å²) in [6, 6.07) is 6.23. The molecule has 0 unspecified atom stereocenters. The third-order valence-electron chi connectivity index (χ3n) is 7.20. The highest BCUT2D eigenvalue weighted by Crippen LogP contribution is 2.36. The highest BCUT2D eigenvalue weighted by molar-refractivity contribution is 5.95. The maximum absolute atomic E-state index is 12.4. The van der Waals surface area contributed by atoms with Crippen molar-refractivity contribution in [2.24, 2.45) is 0 Å². The molecule has 0 saturated heterocycles. The summed E-state index contributed by atoms with van der Waals surface area (Å²) in [5, 5.41) is 9.04. The number of nitrogens with zero attached hydrogens (tertiary/aromatic N) is 7. The second-order valence-electron chi connectivity index (χ2n) is 9.81. The Hall–Kier alpha value is -4.08. The summed E-state index contributed by atoms with van der Waals surface area (Å²) in [5.74, 6) is 1.28. The SMILES string of the molecule is CCOC(=O)c1cnn2c1CN(c1nccn3nc(Cc4ccc5c(c4)CC(=O)C5(C)C)nc13)CC2. The minimum absolute atomic E-state index is 0.255. The average molecular weight is 486 g/mol. The van der Waals surface area contributed by atoms with Crippen LogP contribution in [0, 0.1) is 0 Å². The smallest absolute Gasteiger partial charge is 0.341 e. The predicted octanol–water partition coefficient (Wildman–Crippen LogP) is 2.51. The molecule has 0 N–H and O–H groups in total. The van der Waals surface area contributed by atoms with Crippen molar-refractivity contribution in [3.63, 3.8) is 0 Å². The van der Waals surface area contributed by atoms with E-state index >= 15 is 0 Å². The molecule has 0 atom stereocenters. The Kier molecular flexibility index (Phi) is 5.13. The first-order valence-electron chi connectivity index (χ1n) is 12.2. The van der Waals surface area contributed by atoms with E-state index in [0.717, 1.165) is 22.4 Å². The van der Waals surface area contributed by atoms with E-state index < -0.39 is 5.41 Å². The van der Waals surface area contributed by atoms with Crippen LogP contribution in [0.2, 0.25) is 0 Å². The van der Waals surface area contributed by atoms with E-state index in [0.29, 0.717) is 61.9 Å². The lowest BCUT2D eigenvalue weighted by Gasteiger charge is -2.29. The Labute approximate surface area is 207 Å². The molecule has 2 aliphatic rings. The average Bonchev–Trinajstić information content (AvgIpc) is 3.52. The second kappa shape index (κ2) is 8.25. The molecular formula is C26H27N7O3. The molecule has 4 aromatic rings. The lowest BCUT2D eigenvalue weighted by molar-refractivity contribution is -0.121. The molecule has 10 heteroatoms. The van der Waals surface area contributed by atoms with Crippen LogP contribution in [0.5, 0.6) is 0 Å². The molecular weight excluding hydrogens is 458 g/mol. The Bertz CT molecular complexity index is 1520. The van der Waals surface area contributed by atoms with E-state index in [2.05, 4.69) is 38.3 Å². The van der Waals surface area contributed by atoms with Gasteiger partial charge in [-0.15, -0.1) is 0 Å². The number of ether oxygens (including phenoxy) is 1. The molecule has 0 radical (unpaired) electrons. The summed E-state index contributed by atoms with van der Waals surface area (Å²) in [4.78, 5) is 36.3. The van der Waals surface area contributed by atoms with E-state index in [1.807, 2.05) is 18.5 Å². The van der Waals surface area contributed by atoms with Crippen LogP contribution in [0.25, 0.3) is 5.65 Å². The number of fused-ring (bicyclic) bond motifs is 3. The normalized spacial score (nSPS) is 16.3. The van der Waals surface area contributed by atoms with Gasteiger partial charge in [-0.2, -0.15) is 10.2 Å². The molecule has 6 rings (SSSR count). The van der Waals surface area contributed by atoms with Crippen LogP contribution in [-0.2, 0) is 40.9 Å². The molecule has 0 saturated carbocycles. The van der Waals surface area contributed by atoms with Crippen LogP contribution in [0.1, 0.15) is 59.3 Å². The van der Waals surface area contributed by atoms with Crippen LogP contribution in [-0.4, -0.2) is 54.3 Å². The van der Waals surface area contributed by atoms with E-state index in [-0.39, 0.29) is 11.8 Å². The molecule has 0 fully saturated rings. The van der Waals surface area contributed by atoms with E-state index in [1.54, 1.807) is 30.0 Å². The lowest BCUT2D eigenvalue weighted by atomic mass is 9.85. The quantitative estimate of drug-likeness (QED) is 0.397. The van der Waals surface area contributed by atoms with Crippen molar-refractivity contribution >= 4 is 23.2 Å². The largest absolute Gasteiger partial charge is 0.462 e. The summed E-state index contributed by atoms with van der Waals surface area (Å²) in [7, 11) is 0. The summed E-state index contributed by atoms with van der Waals surface area (Å²) >= 11 is 0. The molecule has 4 heterocycles. The van der Waals surface area contributed by atoms with E-state index in [9.17, 15) is 9.59 Å². The van der Waals surface area contributed by atoms with Gasteiger partial charge in [0.1, 0.15) is 11.3 Å². The summed E-state index contributed by atoms with van der Waals surface area (Å²) < 4.78 is 8.79. The Morgan fingerprint density at radius 1 is 1.22 bits per heavy atom. The highest BCUT2D eigenvalue weighted by atomic mass is 16.5. The van der Waals surface area contributed by atoms with Gasteiger partial charge in [-0.1, -0.05) is 18.2 Å². The van der Waals surface area contributed by atoms with Crippen LogP contribution < -0.4 is 4.90 Å². The number of ketones is 1. The van der Waals surface area contributed by atoms with Crippen molar-refractivity contribution < 1.29 is 14.3 Å². The summed E-state index contributed by atoms with van der Waals surface area (Å²) in [6.45, 7) is 7.86. The number of benzene rings is 1. The zero-order valence-corrected chi connectivity index (χ0v) is 20.6. The van der Waals surface area contributed by atoms with Crippen molar-refractivity contribution in [2.45, 2.75) is 52.1 Å². The van der Waals surface area contributed by atoms with Gasteiger partial charge in [0.2, 0.25) is 0 Å². The monoisotopic (exact) mass is 485 g/mol. The van der Waals surface area contributed by atoms with E-state index in [1.165, 1.54) is 0 Å². The topological polar surface area (TPSA) is 108 Å². The first kappa shape index (κ1) is 22.4. The molecule has 0 amide bonds. The number of hydrogen-bond donors (Lipinski definition) is 0. The van der Waals surface area contributed by atoms with Gasteiger partial charge in [0, 0.05) is 37.2 Å². The van der Waals surface area contributed by atoms with Crippen molar-refractivity contribution in [1.82, 2.24) is 29.4 Å². The van der Waals surface area contributed by atoms with Gasteiger partial charge >= 0.3 is 5.97 Å². The van der Waals surface area contributed by atoms with Crippen molar-refractivity contribution in [3.05, 3.63) is 70.6 Å². The minimum Gasteiger partial charge on any atom is -0.462 e. The third-order valence-corrected chi connectivity index (χ3v) is 7.20. The Morgan fingerprint density at radius 2 is 2.08 bits per heavy atom. The molecule has 0 spiro atoms. The molecule has 3 aromatic heterocycles. The van der Waals surface area contributed by atoms with Crippen molar-refractivity contribution in [3.8, 4) is 0 Å². The van der Waals surface area contributed by atoms with Gasteiger partial charge in [-0.05, 0) is 37.5 Å². The zero-order valence-electron chi connectivity index (χ0n) is 20.6. The maximum Gasteiger partial charge on any atom is 0.341 e. The Morgan fingerprint density at radius 3 is 2.92 bits per heavy atom. The second-order valence-corrected chi connectivity index (χ2v) is 9.81. The molecule has 1 aliphatic heterocycles. The van der Waals surface area contributed by atoms with Gasteiger partial charge in [0.25, 0.3) is 0 Å². The highest BCUT2D eigenvalue weighted by Gasteiger charge is 2.37. The van der Waals surface area contributed by atoms with Gasteiger partial charge in [0.05, 0.1) is 31.6 Å². The van der Waals surface area contributed by atoms with Gasteiger partial charge in [0.15, 0.2) is 17.3 Å². The summed E-state index contributed by atoms with van der Waals surface area (Å²) in [5.41, 5.74) is 4.80. The molecule has 36 heavy (non-hydrogen) atoms. The molecule has 184 valence electrons. The number of hydrogen-bond acceptors (Lipinski definition) is 8. The first-order chi connectivity index (χ1) is 17.3. The fourth-order valence-corrected chi connectivity index (χ4v) is 5.19. The number of Topliss-reactive ketones (excluding diaryl/α,β-unsaturated/α-hetero) is 1. The lowest BCUT2D eigenvalue weighted by Crippen LogP contribution is -2.35. The number of carbonyl (C=O) groups excluding carboxylic acids is 2. The number of esters is 1. The first-order valence-corrected chi connectivity index (χ1v) is 12.2. The fraction of sp³-hybridized carbons (Fsp3) is 0.385. The fourth-order valence-electron chi connectivity index (χ4n) is 5.19. The van der Waals surface area contributed by atoms with E-state index in [4.69, 9.17) is 9.72 Å². The third kappa shape index (κ3) is 3.55. The van der Waals surface area contributed by atoms with Crippen LogP contribution in [0.3, 0.4) is 0 Å². The maximum atomic E-state index is 12.4. The van der Waals surface area contributed by atoms with Gasteiger partial charge in [-0.25, -0.2) is 19.3 Å². The molecule has 1 aliphatic carbocycles. The number of rotatable bonds is 5. The molecule has 10 nitrogen and oxygen atoms in total. The number of aromatic nitrogens is 6. The number of anilines is 1. The van der Waals surface area contributed by atoms with Crippen LogP contribution in [0.4, 0.5) is 5.82 Å². The predicted molar refractivity (Wildman–Crippen MR) is 131 cm³/mol. The standard InChI is InChI=1S/C26H27N7O3/c1-4-36-25(35)18-14-28-32-10-9-31(15-20(18)32)23-24-29-22(30-33(24)8-7-27-23)12-16-5-6-19-17(11-16)13-21(34)26(19,2)3/h5-8,11,14H,4,9-10,12-13,15H2,1-3H3. The summed E-state index contributed by atoms with van der Waals surface area (Å²) in [6.07, 6.45) is 6.11. The zero-order chi connectivity index (χ0) is 25.0. The van der Waals surface area contributed by atoms with Crippen molar-refractivity contribution in [1.29, 1.82) is 0 Å². The van der Waals surface area contributed by atoms with Crippen LogP contribution >= 0.6 is 0 Å². The van der Waals surface area contributed by atoms with Gasteiger partial charge in [-0.3, -0.25) is 9.48 Å². The van der Waals surface area contributed by atoms with Crippen LogP contribution in [0.15, 0.2) is 36.8 Å². The molecule has 0 bridgehead atoms. The number of carbonyl (C=O) groups is 2. The molecule has 1 aromatic carbocycles.